The second-order valence-electron chi connectivity index (χ2n) is 6.90. The second kappa shape index (κ2) is 8.85. The molecule has 5 heteroatoms. The van der Waals surface area contributed by atoms with E-state index in [0.717, 1.165) is 61.2 Å². The van der Waals surface area contributed by atoms with Gasteiger partial charge in [-0.15, -0.1) is 0 Å². The van der Waals surface area contributed by atoms with Crippen LogP contribution in [0, 0.1) is 0 Å². The lowest BCUT2D eigenvalue weighted by Gasteiger charge is -2.23. The molecular weight excluding hydrogens is 348 g/mol. The molecule has 0 spiro atoms. The minimum Gasteiger partial charge on any atom is -0.376 e. The highest BCUT2D eigenvalue weighted by Crippen LogP contribution is 2.28. The van der Waals surface area contributed by atoms with Gasteiger partial charge in [0, 0.05) is 37.0 Å². The summed E-state index contributed by atoms with van der Waals surface area (Å²) in [6, 6.07) is 22.5. The first kappa shape index (κ1) is 18.4. The van der Waals surface area contributed by atoms with E-state index in [-0.39, 0.29) is 6.10 Å². The highest BCUT2D eigenvalue weighted by Gasteiger charge is 2.17. The van der Waals surface area contributed by atoms with E-state index in [1.165, 1.54) is 0 Å². The first-order chi connectivity index (χ1) is 13.8. The molecule has 0 amide bonds. The number of ether oxygens (including phenoxy) is 1. The predicted octanol–water partition coefficient (Wildman–Crippen LogP) is 4.89. The summed E-state index contributed by atoms with van der Waals surface area (Å²) in [5, 5.41) is 3.46. The average molecular weight is 374 g/mol. The van der Waals surface area contributed by atoms with Crippen LogP contribution in [0.2, 0.25) is 0 Å². The van der Waals surface area contributed by atoms with Gasteiger partial charge in [-0.3, -0.25) is 0 Å². The molecular formula is C23H26N4O. The minimum absolute atomic E-state index is 0.259. The van der Waals surface area contributed by atoms with Crippen LogP contribution in [0.5, 0.6) is 0 Å². The molecule has 1 aliphatic rings. The lowest BCUT2D eigenvalue weighted by Crippen LogP contribution is -2.21. The zero-order valence-electron chi connectivity index (χ0n) is 16.2. The normalized spacial score (nSPS) is 16.1. The van der Waals surface area contributed by atoms with Gasteiger partial charge in [0.1, 0.15) is 11.6 Å². The number of hydrogen-bond donors (Lipinski definition) is 1. The molecule has 1 saturated heterocycles. The number of aromatic nitrogens is 2. The number of benzene rings is 2. The van der Waals surface area contributed by atoms with Crippen molar-refractivity contribution in [3.8, 4) is 11.4 Å². The van der Waals surface area contributed by atoms with E-state index in [1.54, 1.807) is 0 Å². The number of nitrogens with one attached hydrogen (secondary N) is 1. The molecule has 1 fully saturated rings. The molecule has 0 aliphatic carbocycles. The topological polar surface area (TPSA) is 50.3 Å². The summed E-state index contributed by atoms with van der Waals surface area (Å²) in [6.45, 7) is 4.58. The van der Waals surface area contributed by atoms with E-state index in [1.807, 2.05) is 54.6 Å². The van der Waals surface area contributed by atoms with Crippen molar-refractivity contribution < 1.29 is 4.74 Å². The van der Waals surface area contributed by atoms with Crippen LogP contribution >= 0.6 is 0 Å². The standard InChI is InChI=1S/C23H26N4O/c1-2-27(19-12-7-4-8-13-19)22-16-21(24-17-20-14-9-15-28-20)25-23(26-22)18-10-5-3-6-11-18/h3-8,10-13,16,20H,2,9,14-15,17H2,1H3,(H,24,25,26). The molecule has 0 radical (unpaired) electrons. The van der Waals surface area contributed by atoms with Crippen molar-refractivity contribution in [1.29, 1.82) is 0 Å². The zero-order valence-corrected chi connectivity index (χ0v) is 16.2. The zero-order chi connectivity index (χ0) is 19.2. The quantitative estimate of drug-likeness (QED) is 0.638. The van der Waals surface area contributed by atoms with Crippen molar-refractivity contribution in [2.75, 3.05) is 29.9 Å². The Balaban J connectivity index is 1.68. The maximum Gasteiger partial charge on any atom is 0.163 e. The molecule has 4 rings (SSSR count). The molecule has 3 aromatic rings. The summed E-state index contributed by atoms with van der Waals surface area (Å²) in [5.74, 6) is 2.44. The Morgan fingerprint density at radius 2 is 1.79 bits per heavy atom. The largest absolute Gasteiger partial charge is 0.376 e. The molecule has 1 N–H and O–H groups in total. The van der Waals surface area contributed by atoms with Crippen LogP contribution in [-0.2, 0) is 4.74 Å². The van der Waals surface area contributed by atoms with Gasteiger partial charge in [-0.1, -0.05) is 48.5 Å². The smallest absolute Gasteiger partial charge is 0.163 e. The fourth-order valence-electron chi connectivity index (χ4n) is 3.49. The molecule has 5 nitrogen and oxygen atoms in total. The van der Waals surface area contributed by atoms with Crippen LogP contribution in [-0.4, -0.2) is 35.8 Å². The molecule has 0 saturated carbocycles. The molecule has 1 aliphatic heterocycles. The van der Waals surface area contributed by atoms with Crippen molar-refractivity contribution in [3.05, 3.63) is 66.7 Å². The van der Waals surface area contributed by atoms with E-state index in [9.17, 15) is 0 Å². The lowest BCUT2D eigenvalue weighted by molar-refractivity contribution is 0.120. The third-order valence-corrected chi connectivity index (χ3v) is 4.94. The van der Waals surface area contributed by atoms with Crippen LogP contribution < -0.4 is 10.2 Å². The minimum atomic E-state index is 0.259. The Hall–Kier alpha value is -2.92. The van der Waals surface area contributed by atoms with Crippen molar-refractivity contribution in [2.45, 2.75) is 25.9 Å². The van der Waals surface area contributed by atoms with E-state index in [0.29, 0.717) is 0 Å². The Kier molecular flexibility index (Phi) is 5.83. The highest BCUT2D eigenvalue weighted by molar-refractivity contribution is 5.67. The molecule has 1 atom stereocenters. The van der Waals surface area contributed by atoms with Gasteiger partial charge < -0.3 is 15.0 Å². The summed E-state index contributed by atoms with van der Waals surface area (Å²) in [4.78, 5) is 11.8. The van der Waals surface area contributed by atoms with Gasteiger partial charge >= 0.3 is 0 Å². The monoisotopic (exact) mass is 374 g/mol. The maximum atomic E-state index is 5.74. The summed E-state index contributed by atoms with van der Waals surface area (Å²) >= 11 is 0. The molecule has 1 unspecified atom stereocenters. The Labute approximate surface area is 166 Å². The third-order valence-electron chi connectivity index (χ3n) is 4.94. The van der Waals surface area contributed by atoms with Crippen LogP contribution in [0.3, 0.4) is 0 Å². The van der Waals surface area contributed by atoms with E-state index in [2.05, 4.69) is 29.3 Å². The summed E-state index contributed by atoms with van der Waals surface area (Å²) in [7, 11) is 0. The van der Waals surface area contributed by atoms with Gasteiger partial charge in [0.05, 0.1) is 6.10 Å². The van der Waals surface area contributed by atoms with Crippen molar-refractivity contribution >= 4 is 17.3 Å². The molecule has 28 heavy (non-hydrogen) atoms. The van der Waals surface area contributed by atoms with Crippen LogP contribution in [0.25, 0.3) is 11.4 Å². The van der Waals surface area contributed by atoms with Gasteiger partial charge in [0.15, 0.2) is 5.82 Å². The van der Waals surface area contributed by atoms with Gasteiger partial charge in [-0.2, -0.15) is 0 Å². The number of para-hydroxylation sites is 1. The van der Waals surface area contributed by atoms with Gasteiger partial charge in [-0.25, -0.2) is 9.97 Å². The van der Waals surface area contributed by atoms with Crippen molar-refractivity contribution in [2.24, 2.45) is 0 Å². The Bertz CT molecular complexity index is 880. The molecule has 1 aromatic heterocycles. The number of nitrogens with zero attached hydrogens (tertiary/aromatic N) is 3. The Morgan fingerprint density at radius 1 is 1.04 bits per heavy atom. The van der Waals surface area contributed by atoms with Gasteiger partial charge in [0.2, 0.25) is 0 Å². The number of anilines is 3. The summed E-state index contributed by atoms with van der Waals surface area (Å²) in [5.41, 5.74) is 2.13. The van der Waals surface area contributed by atoms with Crippen molar-refractivity contribution in [1.82, 2.24) is 9.97 Å². The van der Waals surface area contributed by atoms with Crippen molar-refractivity contribution in [3.63, 3.8) is 0 Å². The third kappa shape index (κ3) is 4.31. The second-order valence-corrected chi connectivity index (χ2v) is 6.90. The molecule has 0 bridgehead atoms. The first-order valence-electron chi connectivity index (χ1n) is 9.96. The van der Waals surface area contributed by atoms with Crippen LogP contribution in [0.1, 0.15) is 19.8 Å². The molecule has 2 heterocycles. The van der Waals surface area contributed by atoms with Crippen LogP contribution in [0.4, 0.5) is 17.3 Å². The fourth-order valence-corrected chi connectivity index (χ4v) is 3.49. The SMILES string of the molecule is CCN(c1ccccc1)c1cc(NCC2CCCO2)nc(-c2ccccc2)n1. The van der Waals surface area contributed by atoms with E-state index < -0.39 is 0 Å². The van der Waals surface area contributed by atoms with Gasteiger partial charge in [-0.05, 0) is 31.9 Å². The van der Waals surface area contributed by atoms with E-state index in [4.69, 9.17) is 14.7 Å². The number of rotatable bonds is 7. The Morgan fingerprint density at radius 3 is 2.46 bits per heavy atom. The average Bonchev–Trinajstić information content (AvgIpc) is 3.28. The fraction of sp³-hybridized carbons (Fsp3) is 0.304. The highest BCUT2D eigenvalue weighted by atomic mass is 16.5. The molecule has 144 valence electrons. The summed E-state index contributed by atoms with van der Waals surface area (Å²) in [6.07, 6.45) is 2.49. The first-order valence-corrected chi connectivity index (χ1v) is 9.96. The van der Waals surface area contributed by atoms with Gasteiger partial charge in [0.25, 0.3) is 0 Å². The van der Waals surface area contributed by atoms with E-state index >= 15 is 0 Å². The molecule has 2 aromatic carbocycles. The number of hydrogen-bond acceptors (Lipinski definition) is 5. The van der Waals surface area contributed by atoms with Crippen LogP contribution in [0.15, 0.2) is 66.7 Å². The maximum absolute atomic E-state index is 5.74. The predicted molar refractivity (Wildman–Crippen MR) is 114 cm³/mol. The lowest BCUT2D eigenvalue weighted by atomic mass is 10.2. The summed E-state index contributed by atoms with van der Waals surface area (Å²) < 4.78 is 5.74.